The van der Waals surface area contributed by atoms with Gasteiger partial charge in [-0.25, -0.2) is 0 Å². The first-order chi connectivity index (χ1) is 11.2. The number of aliphatic hydroxyl groups excluding tert-OH is 1. The van der Waals surface area contributed by atoms with E-state index in [9.17, 15) is 5.11 Å². The van der Waals surface area contributed by atoms with Gasteiger partial charge in [-0.2, -0.15) is 0 Å². The number of benzene rings is 1. The predicted octanol–water partition coefficient (Wildman–Crippen LogP) is 4.62. The summed E-state index contributed by atoms with van der Waals surface area (Å²) < 4.78 is 5.80. The van der Waals surface area contributed by atoms with Crippen molar-refractivity contribution in [2.75, 3.05) is 6.61 Å². The fourth-order valence-corrected chi connectivity index (χ4v) is 3.98. The number of hydrogen-bond acceptors (Lipinski definition) is 2. The molecule has 1 saturated carbocycles. The summed E-state index contributed by atoms with van der Waals surface area (Å²) in [5, 5.41) is 9.63. The second kappa shape index (κ2) is 8.12. The van der Waals surface area contributed by atoms with E-state index < -0.39 is 0 Å². The Kier molecular flexibility index (Phi) is 5.91. The Morgan fingerprint density at radius 1 is 1.04 bits per heavy atom. The van der Waals surface area contributed by atoms with E-state index in [4.69, 9.17) is 4.74 Å². The lowest BCUT2D eigenvalue weighted by Gasteiger charge is -2.27. The van der Waals surface area contributed by atoms with Crippen molar-refractivity contribution in [2.45, 2.75) is 69.5 Å². The summed E-state index contributed by atoms with van der Waals surface area (Å²) in [5.74, 6) is 1.35. The van der Waals surface area contributed by atoms with E-state index in [2.05, 4.69) is 30.8 Å². The van der Waals surface area contributed by atoms with Crippen molar-refractivity contribution in [3.05, 3.63) is 48.0 Å². The molecule has 2 nitrogen and oxygen atoms in total. The van der Waals surface area contributed by atoms with Crippen LogP contribution >= 0.6 is 0 Å². The van der Waals surface area contributed by atoms with E-state index in [1.54, 1.807) is 0 Å². The highest BCUT2D eigenvalue weighted by atomic mass is 16.5. The molecule has 0 bridgehead atoms. The molecule has 2 heteroatoms. The van der Waals surface area contributed by atoms with Gasteiger partial charge in [0.15, 0.2) is 0 Å². The van der Waals surface area contributed by atoms with Gasteiger partial charge >= 0.3 is 0 Å². The van der Waals surface area contributed by atoms with Gasteiger partial charge in [0.2, 0.25) is 0 Å². The summed E-state index contributed by atoms with van der Waals surface area (Å²) in [7, 11) is 0. The Bertz CT molecular complexity index is 477. The minimum absolute atomic E-state index is 0.0658. The molecule has 0 spiro atoms. The first-order valence-electron chi connectivity index (χ1n) is 9.25. The molecule has 126 valence electrons. The normalized spacial score (nSPS) is 31.7. The van der Waals surface area contributed by atoms with E-state index in [0.717, 1.165) is 45.1 Å². The SMILES string of the molecule is C=CC1CCC(CCc2ccc(C3CCC(O)CC3)cc2)CO1. The molecule has 1 aromatic rings. The Balaban J connectivity index is 1.45. The average molecular weight is 314 g/mol. The quantitative estimate of drug-likeness (QED) is 0.804. The Morgan fingerprint density at radius 2 is 1.78 bits per heavy atom. The Hall–Kier alpha value is -1.12. The number of aliphatic hydroxyl groups is 1. The zero-order valence-electron chi connectivity index (χ0n) is 14.1. The van der Waals surface area contributed by atoms with Crippen LogP contribution in [0.5, 0.6) is 0 Å². The second-order valence-corrected chi connectivity index (χ2v) is 7.34. The number of ether oxygens (including phenoxy) is 1. The fraction of sp³-hybridized carbons (Fsp3) is 0.619. The van der Waals surface area contributed by atoms with Crippen molar-refractivity contribution < 1.29 is 9.84 Å². The van der Waals surface area contributed by atoms with E-state index >= 15 is 0 Å². The fourth-order valence-electron chi connectivity index (χ4n) is 3.98. The summed E-state index contributed by atoms with van der Waals surface area (Å²) in [6.45, 7) is 4.70. The van der Waals surface area contributed by atoms with Crippen molar-refractivity contribution in [3.8, 4) is 0 Å². The van der Waals surface area contributed by atoms with Crippen molar-refractivity contribution in [1.29, 1.82) is 0 Å². The maximum absolute atomic E-state index is 9.63. The van der Waals surface area contributed by atoms with Gasteiger partial charge in [-0.3, -0.25) is 0 Å². The van der Waals surface area contributed by atoms with Crippen LogP contribution in [0, 0.1) is 5.92 Å². The molecule has 3 rings (SSSR count). The van der Waals surface area contributed by atoms with E-state index in [1.165, 1.54) is 24.0 Å². The molecule has 1 aliphatic carbocycles. The van der Waals surface area contributed by atoms with Gasteiger partial charge in [0.05, 0.1) is 18.8 Å². The third kappa shape index (κ3) is 4.68. The highest BCUT2D eigenvalue weighted by molar-refractivity contribution is 5.26. The van der Waals surface area contributed by atoms with Crippen LogP contribution in [-0.4, -0.2) is 23.9 Å². The van der Waals surface area contributed by atoms with Crippen LogP contribution in [0.2, 0.25) is 0 Å². The maximum atomic E-state index is 9.63. The smallest absolute Gasteiger partial charge is 0.0753 e. The minimum Gasteiger partial charge on any atom is -0.393 e. The monoisotopic (exact) mass is 314 g/mol. The van der Waals surface area contributed by atoms with Crippen LogP contribution in [0.4, 0.5) is 0 Å². The largest absolute Gasteiger partial charge is 0.393 e. The lowest BCUT2D eigenvalue weighted by atomic mass is 9.82. The Morgan fingerprint density at radius 3 is 2.39 bits per heavy atom. The summed E-state index contributed by atoms with van der Waals surface area (Å²) in [5.41, 5.74) is 2.89. The van der Waals surface area contributed by atoms with Crippen molar-refractivity contribution >= 4 is 0 Å². The highest BCUT2D eigenvalue weighted by Gasteiger charge is 2.21. The lowest BCUT2D eigenvalue weighted by Crippen LogP contribution is -2.24. The molecule has 2 unspecified atom stereocenters. The molecule has 2 fully saturated rings. The standard InChI is InChI=1S/C21H30O2/c1-2-21-14-7-17(15-23-21)4-3-16-5-8-18(9-6-16)19-10-12-20(22)13-11-19/h2,5-6,8-9,17,19-22H,1,3-4,7,10-15H2. The molecule has 1 heterocycles. The third-order valence-electron chi connectivity index (χ3n) is 5.66. The Labute approximate surface area is 140 Å². The van der Waals surface area contributed by atoms with Crippen LogP contribution < -0.4 is 0 Å². The third-order valence-corrected chi connectivity index (χ3v) is 5.66. The van der Waals surface area contributed by atoms with Crippen LogP contribution in [0.15, 0.2) is 36.9 Å². The number of aryl methyl sites for hydroxylation is 1. The molecular formula is C21H30O2. The molecule has 0 radical (unpaired) electrons. The zero-order chi connectivity index (χ0) is 16.1. The summed E-state index contributed by atoms with van der Waals surface area (Å²) >= 11 is 0. The van der Waals surface area contributed by atoms with Gasteiger partial charge in [0, 0.05) is 0 Å². The van der Waals surface area contributed by atoms with Crippen molar-refractivity contribution in [2.24, 2.45) is 5.92 Å². The summed E-state index contributed by atoms with van der Waals surface area (Å²) in [4.78, 5) is 0. The highest BCUT2D eigenvalue weighted by Crippen LogP contribution is 2.33. The van der Waals surface area contributed by atoms with Crippen molar-refractivity contribution in [3.63, 3.8) is 0 Å². The molecule has 1 saturated heterocycles. The zero-order valence-corrected chi connectivity index (χ0v) is 14.1. The molecule has 1 N–H and O–H groups in total. The average Bonchev–Trinajstić information content (AvgIpc) is 2.61. The van der Waals surface area contributed by atoms with Crippen LogP contribution in [-0.2, 0) is 11.2 Å². The molecule has 1 aromatic carbocycles. The van der Waals surface area contributed by atoms with Gasteiger partial charge in [-0.05, 0) is 74.3 Å². The predicted molar refractivity (Wildman–Crippen MR) is 94.6 cm³/mol. The van der Waals surface area contributed by atoms with Gasteiger partial charge in [-0.15, -0.1) is 6.58 Å². The first-order valence-corrected chi connectivity index (χ1v) is 9.25. The second-order valence-electron chi connectivity index (χ2n) is 7.34. The number of hydrogen-bond donors (Lipinski definition) is 1. The molecule has 1 aliphatic heterocycles. The van der Waals surface area contributed by atoms with E-state index in [-0.39, 0.29) is 12.2 Å². The lowest BCUT2D eigenvalue weighted by molar-refractivity contribution is 0.00886. The molecule has 23 heavy (non-hydrogen) atoms. The topological polar surface area (TPSA) is 29.5 Å². The van der Waals surface area contributed by atoms with Crippen LogP contribution in [0.3, 0.4) is 0 Å². The van der Waals surface area contributed by atoms with Crippen molar-refractivity contribution in [1.82, 2.24) is 0 Å². The van der Waals surface area contributed by atoms with Gasteiger partial charge in [0.25, 0.3) is 0 Å². The van der Waals surface area contributed by atoms with Gasteiger partial charge in [-0.1, -0.05) is 30.3 Å². The van der Waals surface area contributed by atoms with Crippen LogP contribution in [0.25, 0.3) is 0 Å². The van der Waals surface area contributed by atoms with E-state index in [0.29, 0.717) is 11.8 Å². The maximum Gasteiger partial charge on any atom is 0.0753 e. The van der Waals surface area contributed by atoms with E-state index in [1.807, 2.05) is 6.08 Å². The molecule has 0 aromatic heterocycles. The minimum atomic E-state index is -0.0658. The van der Waals surface area contributed by atoms with Gasteiger partial charge in [0.1, 0.15) is 0 Å². The molecule has 2 aliphatic rings. The first kappa shape index (κ1) is 16.7. The molecular weight excluding hydrogens is 284 g/mol. The number of rotatable bonds is 5. The molecule has 0 amide bonds. The molecule has 2 atom stereocenters. The van der Waals surface area contributed by atoms with Gasteiger partial charge < -0.3 is 9.84 Å². The van der Waals surface area contributed by atoms with Crippen LogP contribution in [0.1, 0.15) is 62.0 Å². The summed E-state index contributed by atoms with van der Waals surface area (Å²) in [6.07, 6.45) is 11.1. The summed E-state index contributed by atoms with van der Waals surface area (Å²) in [6, 6.07) is 9.22.